The van der Waals surface area contributed by atoms with Gasteiger partial charge in [-0.25, -0.2) is 4.68 Å². The van der Waals surface area contributed by atoms with Gasteiger partial charge in [0, 0.05) is 25.8 Å². The molecule has 1 saturated heterocycles. The molecule has 0 unspecified atom stereocenters. The molecule has 0 atom stereocenters. The minimum atomic E-state index is -4.50. The van der Waals surface area contributed by atoms with Crippen molar-refractivity contribution in [3.63, 3.8) is 0 Å². The zero-order valence-corrected chi connectivity index (χ0v) is 16.4. The number of methoxy groups -OCH3 is 1. The van der Waals surface area contributed by atoms with Crippen LogP contribution >= 0.6 is 0 Å². The number of nitrogens with zero attached hydrogens (tertiary/aromatic N) is 4. The third-order valence-electron chi connectivity index (χ3n) is 4.90. The van der Waals surface area contributed by atoms with Gasteiger partial charge in [0.1, 0.15) is 0 Å². The van der Waals surface area contributed by atoms with Crippen LogP contribution in [-0.4, -0.2) is 53.5 Å². The third kappa shape index (κ3) is 4.74. The van der Waals surface area contributed by atoms with Crippen molar-refractivity contribution in [2.24, 2.45) is 0 Å². The average Bonchev–Trinajstić information content (AvgIpc) is 3.19. The van der Waals surface area contributed by atoms with Crippen molar-refractivity contribution in [2.45, 2.75) is 31.5 Å². The van der Waals surface area contributed by atoms with Crippen LogP contribution in [0.5, 0.6) is 5.75 Å². The topological polar surface area (TPSA) is 80.4 Å². The zero-order valence-electron chi connectivity index (χ0n) is 16.4. The summed E-state index contributed by atoms with van der Waals surface area (Å²) in [5.74, 6) is -0.286. The molecule has 2 aromatic rings. The van der Waals surface area contributed by atoms with E-state index >= 15 is 0 Å². The first kappa shape index (κ1) is 21.6. The maximum atomic E-state index is 13.2. The Kier molecular flexibility index (Phi) is 6.62. The van der Waals surface area contributed by atoms with Crippen molar-refractivity contribution in [1.29, 1.82) is 5.26 Å². The van der Waals surface area contributed by atoms with Crippen molar-refractivity contribution in [1.82, 2.24) is 14.7 Å². The van der Waals surface area contributed by atoms with Crippen LogP contribution in [0.25, 0.3) is 5.69 Å². The lowest BCUT2D eigenvalue weighted by atomic mass is 10.1. The van der Waals surface area contributed by atoms with E-state index < -0.39 is 17.6 Å². The maximum absolute atomic E-state index is 13.2. The molecule has 30 heavy (non-hydrogen) atoms. The van der Waals surface area contributed by atoms with E-state index in [1.165, 1.54) is 30.1 Å². The molecular weight excluding hydrogens is 401 g/mol. The maximum Gasteiger partial charge on any atom is 0.416 e. The number of hydrogen-bond acceptors (Lipinski definition) is 5. The molecule has 2 heterocycles. The highest BCUT2D eigenvalue weighted by Gasteiger charge is 2.32. The normalized spacial score (nSPS) is 14.9. The van der Waals surface area contributed by atoms with Gasteiger partial charge in [-0.2, -0.15) is 23.5 Å². The van der Waals surface area contributed by atoms with Crippen LogP contribution in [0.4, 0.5) is 13.2 Å². The second-order valence-corrected chi connectivity index (χ2v) is 6.79. The van der Waals surface area contributed by atoms with Gasteiger partial charge in [0.2, 0.25) is 0 Å². The smallest absolute Gasteiger partial charge is 0.416 e. The quantitative estimate of drug-likeness (QED) is 0.713. The van der Waals surface area contributed by atoms with E-state index in [0.29, 0.717) is 26.1 Å². The Morgan fingerprint density at radius 3 is 2.77 bits per heavy atom. The van der Waals surface area contributed by atoms with Gasteiger partial charge in [-0.3, -0.25) is 4.79 Å². The van der Waals surface area contributed by atoms with Gasteiger partial charge in [-0.15, -0.1) is 0 Å². The van der Waals surface area contributed by atoms with Gasteiger partial charge < -0.3 is 14.4 Å². The molecule has 1 amide bonds. The van der Waals surface area contributed by atoms with Crippen LogP contribution in [-0.2, 0) is 10.9 Å². The molecule has 1 aromatic carbocycles. The average molecular weight is 422 g/mol. The molecule has 1 aliphatic heterocycles. The minimum absolute atomic E-state index is 0.0145. The zero-order chi connectivity index (χ0) is 21.7. The highest BCUT2D eigenvalue weighted by Crippen LogP contribution is 2.31. The summed E-state index contributed by atoms with van der Waals surface area (Å²) in [6.07, 6.45) is -1.71. The molecule has 1 fully saturated rings. The molecule has 7 nitrogen and oxygen atoms in total. The summed E-state index contributed by atoms with van der Waals surface area (Å²) in [5, 5.41) is 13.2. The van der Waals surface area contributed by atoms with Gasteiger partial charge in [-0.05, 0) is 31.0 Å². The van der Waals surface area contributed by atoms with E-state index in [1.54, 1.807) is 4.90 Å². The van der Waals surface area contributed by atoms with Gasteiger partial charge in [0.25, 0.3) is 5.91 Å². The molecular formula is C20H21F3N4O3. The molecule has 1 aliphatic rings. The Morgan fingerprint density at radius 2 is 2.13 bits per heavy atom. The molecule has 1 aromatic heterocycles. The third-order valence-corrected chi connectivity index (χ3v) is 4.90. The number of carbonyl (C=O) groups excluding carboxylic acids is 1. The summed E-state index contributed by atoms with van der Waals surface area (Å²) in [6.45, 7) is 1.24. The van der Waals surface area contributed by atoms with E-state index in [-0.39, 0.29) is 36.1 Å². The predicted octanol–water partition coefficient (Wildman–Crippen LogP) is 3.43. The fourth-order valence-electron chi connectivity index (χ4n) is 3.37. The SMILES string of the molecule is COc1cn(-c2cccc(C(F)(F)F)c2)nc1C(=O)N(CCC#N)C1CCOCC1. The summed E-state index contributed by atoms with van der Waals surface area (Å²) in [4.78, 5) is 14.8. The molecule has 0 spiro atoms. The summed E-state index contributed by atoms with van der Waals surface area (Å²) in [6, 6.07) is 6.57. The van der Waals surface area contributed by atoms with Crippen molar-refractivity contribution >= 4 is 5.91 Å². The van der Waals surface area contributed by atoms with Crippen LogP contribution < -0.4 is 4.74 Å². The minimum Gasteiger partial charge on any atom is -0.493 e. The number of benzene rings is 1. The van der Waals surface area contributed by atoms with Crippen LogP contribution in [0, 0.1) is 11.3 Å². The van der Waals surface area contributed by atoms with E-state index in [4.69, 9.17) is 14.7 Å². The van der Waals surface area contributed by atoms with Crippen molar-refractivity contribution in [2.75, 3.05) is 26.9 Å². The van der Waals surface area contributed by atoms with Gasteiger partial charge in [0.05, 0.1) is 37.0 Å². The number of hydrogen-bond donors (Lipinski definition) is 0. The van der Waals surface area contributed by atoms with Crippen LogP contribution in [0.15, 0.2) is 30.5 Å². The molecule has 0 radical (unpaired) electrons. The number of carbonyl (C=O) groups is 1. The van der Waals surface area contributed by atoms with Gasteiger partial charge in [-0.1, -0.05) is 6.07 Å². The first-order chi connectivity index (χ1) is 14.3. The Morgan fingerprint density at radius 1 is 1.40 bits per heavy atom. The number of halogens is 3. The van der Waals surface area contributed by atoms with Crippen molar-refractivity contribution in [3.05, 3.63) is 41.7 Å². The van der Waals surface area contributed by atoms with Gasteiger partial charge in [0.15, 0.2) is 11.4 Å². The Bertz CT molecular complexity index is 930. The number of ether oxygens (including phenoxy) is 2. The second kappa shape index (κ2) is 9.17. The molecule has 160 valence electrons. The molecule has 0 N–H and O–H groups in total. The van der Waals surface area contributed by atoms with Crippen molar-refractivity contribution < 1.29 is 27.4 Å². The summed E-state index contributed by atoms with van der Waals surface area (Å²) in [5.41, 5.74) is -0.684. The lowest BCUT2D eigenvalue weighted by Crippen LogP contribution is -2.44. The Balaban J connectivity index is 1.94. The van der Waals surface area contributed by atoms with E-state index in [1.807, 2.05) is 6.07 Å². The Labute approximate surface area is 171 Å². The summed E-state index contributed by atoms with van der Waals surface area (Å²) < 4.78 is 50.9. The molecule has 3 rings (SSSR count). The lowest BCUT2D eigenvalue weighted by Gasteiger charge is -2.33. The van der Waals surface area contributed by atoms with Crippen LogP contribution in [0.2, 0.25) is 0 Å². The fourth-order valence-corrected chi connectivity index (χ4v) is 3.37. The molecule has 0 bridgehead atoms. The monoisotopic (exact) mass is 422 g/mol. The molecule has 0 aliphatic carbocycles. The second-order valence-electron chi connectivity index (χ2n) is 6.79. The van der Waals surface area contributed by atoms with E-state index in [2.05, 4.69) is 5.10 Å². The number of alkyl halides is 3. The summed E-state index contributed by atoms with van der Waals surface area (Å²) >= 11 is 0. The number of rotatable bonds is 6. The largest absolute Gasteiger partial charge is 0.493 e. The van der Waals surface area contributed by atoms with Gasteiger partial charge >= 0.3 is 6.18 Å². The lowest BCUT2D eigenvalue weighted by molar-refractivity contribution is -0.137. The standard InChI is InChI=1S/C20H21F3N4O3/c1-29-17-13-27(16-5-2-4-14(12-16)20(21,22)23)25-18(17)19(28)26(9-3-8-24)15-6-10-30-11-7-15/h2,4-5,12-13,15H,3,6-7,9-11H2,1H3. The summed E-state index contributed by atoms with van der Waals surface area (Å²) in [7, 11) is 1.36. The Hall–Kier alpha value is -3.06. The number of amides is 1. The van der Waals surface area contributed by atoms with Crippen molar-refractivity contribution in [3.8, 4) is 17.5 Å². The van der Waals surface area contributed by atoms with Crippen LogP contribution in [0.3, 0.4) is 0 Å². The molecule has 10 heteroatoms. The number of nitriles is 1. The highest BCUT2D eigenvalue weighted by atomic mass is 19.4. The predicted molar refractivity (Wildman–Crippen MR) is 100 cm³/mol. The first-order valence-electron chi connectivity index (χ1n) is 9.42. The van der Waals surface area contributed by atoms with E-state index in [0.717, 1.165) is 12.1 Å². The van der Waals surface area contributed by atoms with Crippen LogP contribution in [0.1, 0.15) is 35.3 Å². The first-order valence-corrected chi connectivity index (χ1v) is 9.42. The highest BCUT2D eigenvalue weighted by molar-refractivity contribution is 5.95. The number of aromatic nitrogens is 2. The molecule has 0 saturated carbocycles. The fraction of sp³-hybridized carbons (Fsp3) is 0.450. The van der Waals surface area contributed by atoms with E-state index in [9.17, 15) is 18.0 Å².